The van der Waals surface area contributed by atoms with Gasteiger partial charge in [0.25, 0.3) is 0 Å². The van der Waals surface area contributed by atoms with E-state index in [9.17, 15) is 23.1 Å². The molecule has 0 aromatic heterocycles. The maximum absolute atomic E-state index is 13.6. The SMILES string of the molecule is CC(C)c1ccc(CCN(CC(=O)Nc2ccc(C(N)=O)cc2)S(=O)(=O)c2cc(C(=N)N)ccc2O)cc1. The summed E-state index contributed by atoms with van der Waals surface area (Å²) >= 11 is 0. The number of rotatable bonds is 11. The van der Waals surface area contributed by atoms with Crippen molar-refractivity contribution in [2.75, 3.05) is 18.4 Å². The van der Waals surface area contributed by atoms with Gasteiger partial charge in [-0.1, -0.05) is 38.1 Å². The first-order valence-electron chi connectivity index (χ1n) is 11.8. The van der Waals surface area contributed by atoms with E-state index in [1.165, 1.54) is 30.3 Å². The molecule has 0 fully saturated rings. The molecule has 0 unspecified atom stereocenters. The summed E-state index contributed by atoms with van der Waals surface area (Å²) < 4.78 is 28.2. The van der Waals surface area contributed by atoms with Crippen molar-refractivity contribution in [2.45, 2.75) is 31.1 Å². The molecule has 0 bridgehead atoms. The number of benzene rings is 3. The fraction of sp³-hybridized carbons (Fsp3) is 0.222. The van der Waals surface area contributed by atoms with E-state index in [4.69, 9.17) is 16.9 Å². The average molecular weight is 538 g/mol. The van der Waals surface area contributed by atoms with Crippen LogP contribution in [0.15, 0.2) is 71.6 Å². The van der Waals surface area contributed by atoms with Crippen molar-refractivity contribution in [1.29, 1.82) is 5.41 Å². The van der Waals surface area contributed by atoms with Gasteiger partial charge in [0.2, 0.25) is 21.8 Å². The number of nitrogens with two attached hydrogens (primary N) is 2. The van der Waals surface area contributed by atoms with Gasteiger partial charge in [-0.2, -0.15) is 4.31 Å². The van der Waals surface area contributed by atoms with Crippen molar-refractivity contribution in [2.24, 2.45) is 11.5 Å². The highest BCUT2D eigenvalue weighted by Gasteiger charge is 2.29. The van der Waals surface area contributed by atoms with E-state index in [0.29, 0.717) is 18.0 Å². The summed E-state index contributed by atoms with van der Waals surface area (Å²) in [5.41, 5.74) is 13.5. The average Bonchev–Trinajstić information content (AvgIpc) is 2.87. The molecule has 0 spiro atoms. The van der Waals surface area contributed by atoms with E-state index in [-0.39, 0.29) is 23.5 Å². The second kappa shape index (κ2) is 11.9. The largest absolute Gasteiger partial charge is 0.507 e. The van der Waals surface area contributed by atoms with E-state index in [1.54, 1.807) is 0 Å². The van der Waals surface area contributed by atoms with Crippen LogP contribution in [0.4, 0.5) is 5.69 Å². The van der Waals surface area contributed by atoms with Crippen LogP contribution in [0.25, 0.3) is 0 Å². The molecule has 10 nitrogen and oxygen atoms in total. The first-order valence-corrected chi connectivity index (χ1v) is 13.3. The molecule has 11 heteroatoms. The standard InChI is InChI=1S/C27H31N5O5S/c1-17(2)19-5-3-18(4-6-19)13-14-32(16-25(34)31-22-10-7-20(8-11-22)27(30)35)38(36,37)24-15-21(26(28)29)9-12-23(24)33/h3-12,15,17,33H,13-14,16H2,1-2H3,(H3,28,29)(H2,30,35)(H,31,34). The van der Waals surface area contributed by atoms with E-state index < -0.39 is 39.0 Å². The zero-order valence-corrected chi connectivity index (χ0v) is 22.0. The van der Waals surface area contributed by atoms with Crippen molar-refractivity contribution >= 4 is 33.4 Å². The predicted octanol–water partition coefficient (Wildman–Crippen LogP) is 2.77. The molecule has 200 valence electrons. The zero-order chi connectivity index (χ0) is 28.0. The van der Waals surface area contributed by atoms with Gasteiger partial charge in [0.1, 0.15) is 16.5 Å². The Bertz CT molecular complexity index is 1440. The van der Waals surface area contributed by atoms with Crippen LogP contribution in [0.5, 0.6) is 5.75 Å². The van der Waals surface area contributed by atoms with Gasteiger partial charge in [0, 0.05) is 23.4 Å². The monoisotopic (exact) mass is 537 g/mol. The maximum Gasteiger partial charge on any atom is 0.248 e. The minimum atomic E-state index is -4.38. The second-order valence-corrected chi connectivity index (χ2v) is 11.0. The Morgan fingerprint density at radius 2 is 1.58 bits per heavy atom. The van der Waals surface area contributed by atoms with Crippen LogP contribution in [0.3, 0.4) is 0 Å². The number of nitrogens with zero attached hydrogens (tertiary/aromatic N) is 1. The summed E-state index contributed by atoms with van der Waals surface area (Å²) in [5, 5.41) is 20.6. The number of nitrogen functional groups attached to an aromatic ring is 1. The first-order chi connectivity index (χ1) is 17.9. The van der Waals surface area contributed by atoms with Crippen LogP contribution in [-0.2, 0) is 21.2 Å². The number of amides is 2. The number of primary amides is 1. The van der Waals surface area contributed by atoms with Crippen molar-refractivity contribution in [3.8, 4) is 5.75 Å². The van der Waals surface area contributed by atoms with Gasteiger partial charge in [-0.05, 0) is 65.9 Å². The van der Waals surface area contributed by atoms with Crippen molar-refractivity contribution in [3.63, 3.8) is 0 Å². The fourth-order valence-electron chi connectivity index (χ4n) is 3.71. The van der Waals surface area contributed by atoms with E-state index >= 15 is 0 Å². The Morgan fingerprint density at radius 3 is 2.13 bits per heavy atom. The highest BCUT2D eigenvalue weighted by molar-refractivity contribution is 7.89. The van der Waals surface area contributed by atoms with Gasteiger partial charge < -0.3 is 21.9 Å². The number of carbonyl (C=O) groups is 2. The third kappa shape index (κ3) is 6.96. The van der Waals surface area contributed by atoms with Crippen LogP contribution in [0.1, 0.15) is 46.8 Å². The Morgan fingerprint density at radius 1 is 0.974 bits per heavy atom. The van der Waals surface area contributed by atoms with Gasteiger partial charge >= 0.3 is 0 Å². The Labute approximate surface area is 221 Å². The van der Waals surface area contributed by atoms with Gasteiger partial charge in [-0.25, -0.2) is 8.42 Å². The van der Waals surface area contributed by atoms with E-state index in [1.807, 2.05) is 24.3 Å². The molecule has 0 radical (unpaired) electrons. The van der Waals surface area contributed by atoms with Gasteiger partial charge in [0.15, 0.2) is 0 Å². The number of nitrogens with one attached hydrogen (secondary N) is 2. The third-order valence-corrected chi connectivity index (χ3v) is 7.83. The van der Waals surface area contributed by atoms with Crippen LogP contribution < -0.4 is 16.8 Å². The quantitative estimate of drug-likeness (QED) is 0.185. The summed E-state index contributed by atoms with van der Waals surface area (Å²) in [6, 6.07) is 17.2. The molecule has 0 saturated carbocycles. The summed E-state index contributed by atoms with van der Waals surface area (Å²) in [6.07, 6.45) is 0.311. The molecule has 3 aromatic carbocycles. The summed E-state index contributed by atoms with van der Waals surface area (Å²) in [6.45, 7) is 3.55. The van der Waals surface area contributed by atoms with Gasteiger partial charge in [0.05, 0.1) is 6.54 Å². The molecule has 0 atom stereocenters. The number of hydrogen-bond acceptors (Lipinski definition) is 6. The molecular formula is C27H31N5O5S. The molecule has 0 aliphatic rings. The van der Waals surface area contributed by atoms with Crippen LogP contribution in [-0.4, -0.2) is 48.6 Å². The predicted molar refractivity (Wildman–Crippen MR) is 146 cm³/mol. The van der Waals surface area contributed by atoms with Gasteiger partial charge in [-0.3, -0.25) is 15.0 Å². The molecule has 0 aliphatic heterocycles. The summed E-state index contributed by atoms with van der Waals surface area (Å²) in [4.78, 5) is 23.7. The lowest BCUT2D eigenvalue weighted by atomic mass is 10.0. The number of sulfonamides is 1. The Balaban J connectivity index is 1.88. The second-order valence-electron chi connectivity index (χ2n) is 9.07. The fourth-order valence-corrected chi connectivity index (χ4v) is 5.22. The number of phenols is 1. The van der Waals surface area contributed by atoms with Crippen molar-refractivity contribution < 1.29 is 23.1 Å². The number of carbonyl (C=O) groups excluding carboxylic acids is 2. The van der Waals surface area contributed by atoms with Crippen molar-refractivity contribution in [1.82, 2.24) is 4.31 Å². The normalized spacial score (nSPS) is 11.5. The topological polar surface area (TPSA) is 180 Å². The minimum absolute atomic E-state index is 0.0544. The lowest BCUT2D eigenvalue weighted by Gasteiger charge is -2.23. The zero-order valence-electron chi connectivity index (χ0n) is 21.1. The molecule has 0 heterocycles. The Kier molecular flexibility index (Phi) is 8.87. The Hall–Kier alpha value is -4.22. The molecule has 7 N–H and O–H groups in total. The number of aromatic hydroxyl groups is 1. The maximum atomic E-state index is 13.6. The number of phenolic OH excluding ortho intramolecular Hbond substituents is 1. The molecule has 0 saturated heterocycles. The first kappa shape index (κ1) is 28.4. The molecule has 0 aliphatic carbocycles. The summed E-state index contributed by atoms with van der Waals surface area (Å²) in [7, 11) is -4.38. The number of anilines is 1. The highest BCUT2D eigenvalue weighted by atomic mass is 32.2. The minimum Gasteiger partial charge on any atom is -0.507 e. The smallest absolute Gasteiger partial charge is 0.248 e. The molecule has 2 amide bonds. The number of hydrogen-bond donors (Lipinski definition) is 5. The molecule has 3 aromatic rings. The van der Waals surface area contributed by atoms with Crippen LogP contribution in [0, 0.1) is 5.41 Å². The third-order valence-electron chi connectivity index (χ3n) is 5.96. The van der Waals surface area contributed by atoms with Gasteiger partial charge in [-0.15, -0.1) is 0 Å². The van der Waals surface area contributed by atoms with Crippen LogP contribution >= 0.6 is 0 Å². The lowest BCUT2D eigenvalue weighted by Crippen LogP contribution is -2.39. The lowest BCUT2D eigenvalue weighted by molar-refractivity contribution is -0.116. The van der Waals surface area contributed by atoms with E-state index in [0.717, 1.165) is 27.6 Å². The molecule has 3 rings (SSSR count). The molecule has 38 heavy (non-hydrogen) atoms. The van der Waals surface area contributed by atoms with Crippen molar-refractivity contribution in [3.05, 3.63) is 89.0 Å². The highest BCUT2D eigenvalue weighted by Crippen LogP contribution is 2.27. The molecular weight excluding hydrogens is 506 g/mol. The van der Waals surface area contributed by atoms with Crippen LogP contribution in [0.2, 0.25) is 0 Å². The number of amidine groups is 1. The van der Waals surface area contributed by atoms with E-state index in [2.05, 4.69) is 19.2 Å². The summed E-state index contributed by atoms with van der Waals surface area (Å²) in [5.74, 6) is -1.79.